The highest BCUT2D eigenvalue weighted by Gasteiger charge is 2.55. The molecule has 0 aromatic heterocycles. The summed E-state index contributed by atoms with van der Waals surface area (Å²) in [4.78, 5) is 194. The van der Waals surface area contributed by atoms with Crippen molar-refractivity contribution in [2.45, 2.75) is 296 Å². The number of ether oxygens (including phenoxy) is 15. The minimum Gasteiger partial charge on any atom is -0.463 e. The number of benzene rings is 3. The smallest absolute Gasteiger partial charge is 0.303 e. The Balaban J connectivity index is 1.13. The number of rotatable bonds is 55. The van der Waals surface area contributed by atoms with E-state index in [1.807, 2.05) is 59.5 Å². The van der Waals surface area contributed by atoms with Crippen LogP contribution in [-0.4, -0.2) is 270 Å². The lowest BCUT2D eigenvalue weighted by Gasteiger charge is -2.46. The van der Waals surface area contributed by atoms with Crippen molar-refractivity contribution in [1.29, 1.82) is 0 Å². The average Bonchev–Trinajstić information content (AvgIpc) is 0.736. The van der Waals surface area contributed by atoms with Gasteiger partial charge >= 0.3 is 53.7 Å². The first kappa shape index (κ1) is 106. The summed E-state index contributed by atoms with van der Waals surface area (Å²) in [5.41, 5.74) is 2.08. The normalized spacial score (nSPS) is 21.9. The maximum Gasteiger partial charge on any atom is 0.303 e. The van der Waals surface area contributed by atoms with E-state index >= 15 is 0 Å². The van der Waals surface area contributed by atoms with Crippen LogP contribution in [0.15, 0.2) is 91.0 Å². The van der Waals surface area contributed by atoms with Gasteiger partial charge in [-0.15, -0.1) is 0 Å². The zero-order valence-electron chi connectivity index (χ0n) is 75.7. The standard InChI is InChI=1S/C91H131N7O30/c1-58(99)94-79-85(123-67(10)108)82(120-64(7)105)73(55-117-61(4)102)126-88(79)114-52-31-16-13-28-43-76(111)92-46-34-48-97(78(113)45-30-15-18-33-54-116-90-81(96-60(3)101)87(125-69(12)110)84(122-66(9)107)75(128-90)57-119-63(6)104)49-36-51-98(91(70-37-22-19-23-38-70,71-39-24-20-25-40-71)72-41-26-21-27-42-72)50-35-47-93-77(112)44-29-14-17-32-53-115-89-80(95-59(2)100)86(124-68(11)109)83(121-65(8)106)74(127-89)56-118-62(5)103/h19-27,37-42,73-75,79-90H,13-18,28-36,43-57H2,1-12H3,(H,92,111)(H,93,112)(H,94,99)(H,95,100)(H,96,101)/t73?,74?,75?,79-,80?,81?,82-,83-,84-,85?,86?,87?,88+,89+,90+/m0/s1. The molecule has 0 radical (unpaired) electrons. The molecular weight excluding hydrogens is 1670 g/mol. The molecule has 37 nitrogen and oxygen atoms in total. The van der Waals surface area contributed by atoms with Crippen molar-refractivity contribution in [3.05, 3.63) is 108 Å². The maximum absolute atomic E-state index is 14.8. The molecule has 3 heterocycles. The maximum atomic E-state index is 14.8. The summed E-state index contributed by atoms with van der Waals surface area (Å²) in [6, 6.07) is 27.2. The van der Waals surface area contributed by atoms with Crippen molar-refractivity contribution in [2.75, 3.05) is 78.9 Å². The molecule has 6 amide bonds. The first-order valence-corrected chi connectivity index (χ1v) is 44.0. The van der Waals surface area contributed by atoms with Gasteiger partial charge in [-0.3, -0.25) is 76.8 Å². The Bertz CT molecular complexity index is 3940. The minimum atomic E-state index is -1.30. The lowest BCUT2D eigenvalue weighted by Crippen LogP contribution is -2.66. The van der Waals surface area contributed by atoms with Gasteiger partial charge in [-0.2, -0.15) is 0 Å². The molecule has 8 unspecified atom stereocenters. The summed E-state index contributed by atoms with van der Waals surface area (Å²) in [5, 5.41) is 14.3. The molecule has 0 aliphatic carbocycles. The number of unbranched alkanes of at least 4 members (excludes halogenated alkanes) is 9. The molecule has 5 N–H and O–H groups in total. The molecule has 0 bridgehead atoms. The third kappa shape index (κ3) is 36.9. The highest BCUT2D eigenvalue weighted by molar-refractivity contribution is 5.78. The van der Waals surface area contributed by atoms with Crippen LogP contribution in [0.3, 0.4) is 0 Å². The average molecular weight is 1800 g/mol. The van der Waals surface area contributed by atoms with Gasteiger partial charge in [0.2, 0.25) is 35.4 Å². The van der Waals surface area contributed by atoms with E-state index in [1.54, 1.807) is 0 Å². The Morgan fingerprint density at radius 3 is 0.883 bits per heavy atom. The van der Waals surface area contributed by atoms with Crippen molar-refractivity contribution in [2.24, 2.45) is 0 Å². The van der Waals surface area contributed by atoms with E-state index in [1.165, 1.54) is 41.5 Å². The number of nitrogens with one attached hydrogen (secondary N) is 5. The fourth-order valence-electron chi connectivity index (χ4n) is 15.8. The van der Waals surface area contributed by atoms with Crippen LogP contribution in [0.1, 0.15) is 215 Å². The lowest BCUT2D eigenvalue weighted by atomic mass is 9.75. The molecule has 3 aliphatic rings. The number of carbonyl (C=O) groups excluding carboxylic acids is 15. The van der Waals surface area contributed by atoms with Gasteiger partial charge in [0.05, 0.1) is 5.54 Å². The van der Waals surface area contributed by atoms with Crippen LogP contribution < -0.4 is 26.6 Å². The molecule has 3 aromatic carbocycles. The molecule has 3 fully saturated rings. The molecule has 710 valence electrons. The summed E-state index contributed by atoms with van der Waals surface area (Å²) in [6.07, 6.45) is -5.93. The van der Waals surface area contributed by atoms with Crippen molar-refractivity contribution < 1.29 is 143 Å². The van der Waals surface area contributed by atoms with Crippen LogP contribution in [-0.2, 0) is 149 Å². The quantitative estimate of drug-likeness (QED) is 0.0177. The number of amides is 6. The predicted octanol–water partition coefficient (Wildman–Crippen LogP) is 6.38. The molecule has 0 saturated carbocycles. The van der Waals surface area contributed by atoms with Gasteiger partial charge in [-0.25, -0.2) is 0 Å². The van der Waals surface area contributed by atoms with E-state index in [-0.39, 0.29) is 76.6 Å². The number of nitrogens with zero attached hydrogens (tertiary/aromatic N) is 2. The molecule has 0 spiro atoms. The monoisotopic (exact) mass is 1800 g/mol. The second kappa shape index (κ2) is 56.7. The summed E-state index contributed by atoms with van der Waals surface area (Å²) in [5.74, 6) is -8.33. The van der Waals surface area contributed by atoms with E-state index in [2.05, 4.69) is 67.9 Å². The van der Waals surface area contributed by atoms with Gasteiger partial charge in [0.25, 0.3) is 0 Å². The van der Waals surface area contributed by atoms with Crippen molar-refractivity contribution >= 4 is 89.2 Å². The van der Waals surface area contributed by atoms with E-state index in [0.717, 1.165) is 58.2 Å². The Morgan fingerprint density at radius 1 is 0.312 bits per heavy atom. The molecule has 3 aromatic rings. The van der Waals surface area contributed by atoms with E-state index in [9.17, 15) is 71.9 Å². The molecule has 15 atom stereocenters. The fourth-order valence-corrected chi connectivity index (χ4v) is 15.8. The number of hydrogen-bond donors (Lipinski definition) is 5. The van der Waals surface area contributed by atoms with Crippen molar-refractivity contribution in [1.82, 2.24) is 36.4 Å². The molecule has 128 heavy (non-hydrogen) atoms. The molecule has 3 aliphatic heterocycles. The van der Waals surface area contributed by atoms with E-state index < -0.39 is 176 Å². The zero-order valence-corrected chi connectivity index (χ0v) is 75.7. The Morgan fingerprint density at radius 2 is 0.586 bits per heavy atom. The molecule has 37 heteroatoms. The predicted molar refractivity (Wildman–Crippen MR) is 456 cm³/mol. The van der Waals surface area contributed by atoms with Crippen LogP contribution in [0.2, 0.25) is 0 Å². The van der Waals surface area contributed by atoms with Gasteiger partial charge in [0.15, 0.2) is 55.5 Å². The third-order valence-corrected chi connectivity index (χ3v) is 21.1. The molecule has 6 rings (SSSR count). The first-order chi connectivity index (χ1) is 61.2. The second-order valence-electron chi connectivity index (χ2n) is 31.7. The summed E-state index contributed by atoms with van der Waals surface area (Å²) in [7, 11) is 0. The Labute approximate surface area is 748 Å². The van der Waals surface area contributed by atoms with E-state index in [0.29, 0.717) is 129 Å². The van der Waals surface area contributed by atoms with Crippen LogP contribution >= 0.6 is 0 Å². The third-order valence-electron chi connectivity index (χ3n) is 21.1. The van der Waals surface area contributed by atoms with Gasteiger partial charge in [0, 0.05) is 161 Å². The topological polar surface area (TPSA) is 461 Å². The van der Waals surface area contributed by atoms with Crippen LogP contribution in [0.5, 0.6) is 0 Å². The summed E-state index contributed by atoms with van der Waals surface area (Å²) < 4.78 is 85.9. The van der Waals surface area contributed by atoms with Crippen LogP contribution in [0.4, 0.5) is 0 Å². The molecule has 3 saturated heterocycles. The summed E-state index contributed by atoms with van der Waals surface area (Å²) in [6.45, 7) is 15.6. The van der Waals surface area contributed by atoms with Gasteiger partial charge in [-0.05, 0) is 74.5 Å². The number of esters is 9. The van der Waals surface area contributed by atoms with Crippen molar-refractivity contribution in [3.8, 4) is 0 Å². The van der Waals surface area contributed by atoms with E-state index in [4.69, 9.17) is 71.1 Å². The zero-order chi connectivity index (χ0) is 93.7. The Kier molecular flexibility index (Phi) is 47.0. The number of hydrogen-bond acceptors (Lipinski definition) is 31. The van der Waals surface area contributed by atoms with Crippen molar-refractivity contribution in [3.63, 3.8) is 0 Å². The highest BCUT2D eigenvalue weighted by atomic mass is 16.7. The van der Waals surface area contributed by atoms with Gasteiger partial charge < -0.3 is 103 Å². The SMILES string of the molecule is CC(=O)NC1C(OC(C)=O)[C@@H](OC(C)=O)C(COC(C)=O)O[C@H]1OCCCCCCC(=O)NCCCN(CCCN(CCCNC(=O)CCCCCCO[C@@H]1OC(COC(C)=O)[C@H](OC(C)=O)C(OC(C)=O)[C@@H]1NC(C)=O)C(=O)CCCCCCO[C@@H]1OC(COC(C)=O)[C@H](OC(C)=O)C(OC(C)=O)C1NC(C)=O)C(c1ccccc1)(c1ccccc1)c1ccccc1. The van der Waals surface area contributed by atoms with Crippen LogP contribution in [0, 0.1) is 0 Å². The fraction of sp³-hybridized carbons (Fsp3) is 0.637. The van der Waals surface area contributed by atoms with Gasteiger partial charge in [0.1, 0.15) is 56.3 Å². The highest BCUT2D eigenvalue weighted by Crippen LogP contribution is 2.43. The first-order valence-electron chi connectivity index (χ1n) is 44.0. The molecular formula is C91H131N7O30. The second-order valence-corrected chi connectivity index (χ2v) is 31.7. The lowest BCUT2D eigenvalue weighted by molar-refractivity contribution is -0.277. The van der Waals surface area contributed by atoms with Crippen LogP contribution in [0.25, 0.3) is 0 Å². The summed E-state index contributed by atoms with van der Waals surface area (Å²) >= 11 is 0. The largest absolute Gasteiger partial charge is 0.463 e. The number of carbonyl (C=O) groups is 15. The minimum absolute atomic E-state index is 0.0815. The van der Waals surface area contributed by atoms with Gasteiger partial charge in [-0.1, -0.05) is 130 Å². The Hall–Kier alpha value is -10.6.